The highest BCUT2D eigenvalue weighted by molar-refractivity contribution is 7.91. The molecular formula is C23H22ClFN4O4S. The van der Waals surface area contributed by atoms with Gasteiger partial charge in [-0.2, -0.15) is 5.10 Å². The maximum absolute atomic E-state index is 15.2. The van der Waals surface area contributed by atoms with Crippen LogP contribution in [0.25, 0.3) is 11.1 Å². The van der Waals surface area contributed by atoms with E-state index in [1.165, 1.54) is 23.2 Å². The van der Waals surface area contributed by atoms with E-state index in [0.29, 0.717) is 16.1 Å². The second-order valence-electron chi connectivity index (χ2n) is 8.19. The molecule has 1 atom stereocenters. The van der Waals surface area contributed by atoms with Crippen molar-refractivity contribution < 1.29 is 22.3 Å². The number of hydrogen-bond donors (Lipinski definition) is 1. The van der Waals surface area contributed by atoms with E-state index in [4.69, 9.17) is 22.1 Å². The molecular weight excluding hydrogens is 483 g/mol. The monoisotopic (exact) mass is 504 g/mol. The summed E-state index contributed by atoms with van der Waals surface area (Å²) in [4.78, 5) is 14.1. The lowest BCUT2D eigenvalue weighted by Gasteiger charge is -2.25. The Hall–Kier alpha value is -3.08. The van der Waals surface area contributed by atoms with Crippen molar-refractivity contribution >= 4 is 33.0 Å². The van der Waals surface area contributed by atoms with E-state index in [-0.39, 0.29) is 34.7 Å². The van der Waals surface area contributed by atoms with E-state index in [2.05, 4.69) is 10.2 Å². The molecule has 1 aromatic heterocycles. The number of halogens is 2. The van der Waals surface area contributed by atoms with Gasteiger partial charge < -0.3 is 15.4 Å². The summed E-state index contributed by atoms with van der Waals surface area (Å²) in [6.45, 7) is 3.64. The lowest BCUT2D eigenvalue weighted by atomic mass is 10.1. The quantitative estimate of drug-likeness (QED) is 0.566. The molecule has 178 valence electrons. The fourth-order valence-corrected chi connectivity index (χ4v) is 5.36. The van der Waals surface area contributed by atoms with Gasteiger partial charge in [0.25, 0.3) is 0 Å². The van der Waals surface area contributed by atoms with Gasteiger partial charge >= 0.3 is 0 Å². The van der Waals surface area contributed by atoms with Gasteiger partial charge in [0, 0.05) is 22.2 Å². The van der Waals surface area contributed by atoms with E-state index in [0.717, 1.165) is 6.07 Å². The van der Waals surface area contributed by atoms with Gasteiger partial charge in [0.15, 0.2) is 9.84 Å². The lowest BCUT2D eigenvalue weighted by molar-refractivity contribution is -0.119. The number of ether oxygens (including phenoxy) is 1. The molecule has 8 nitrogen and oxygen atoms in total. The number of aromatic nitrogens is 2. The van der Waals surface area contributed by atoms with E-state index >= 15 is 4.39 Å². The predicted molar refractivity (Wildman–Crippen MR) is 126 cm³/mol. The minimum Gasteiger partial charge on any atom is -0.474 e. The predicted octanol–water partition coefficient (Wildman–Crippen LogP) is 3.37. The molecule has 34 heavy (non-hydrogen) atoms. The number of rotatable bonds is 5. The zero-order valence-corrected chi connectivity index (χ0v) is 20.0. The number of benzene rings is 2. The number of hydrogen-bond acceptors (Lipinski definition) is 7. The molecule has 3 aromatic rings. The number of nitrogens with zero attached hydrogens (tertiary/aromatic N) is 3. The average Bonchev–Trinajstić information content (AvgIpc) is 2.83. The summed E-state index contributed by atoms with van der Waals surface area (Å²) >= 11 is 5.96. The van der Waals surface area contributed by atoms with Gasteiger partial charge in [0.2, 0.25) is 11.8 Å². The smallest absolute Gasteiger partial charge is 0.245 e. The van der Waals surface area contributed by atoms with Crippen molar-refractivity contribution in [3.05, 3.63) is 65.1 Å². The van der Waals surface area contributed by atoms with Crippen molar-refractivity contribution in [3.8, 4) is 17.0 Å². The summed E-state index contributed by atoms with van der Waals surface area (Å²) in [6.07, 6.45) is 1.15. The third kappa shape index (κ3) is 4.89. The van der Waals surface area contributed by atoms with E-state index in [1.54, 1.807) is 24.3 Å². The third-order valence-electron chi connectivity index (χ3n) is 5.21. The van der Waals surface area contributed by atoms with Crippen molar-refractivity contribution in [2.75, 3.05) is 10.7 Å². The number of sulfone groups is 1. The Bertz CT molecular complexity index is 1350. The molecule has 11 heteroatoms. The number of amides is 1. The van der Waals surface area contributed by atoms with Crippen molar-refractivity contribution in [2.24, 2.45) is 5.73 Å². The van der Waals surface area contributed by atoms with Crippen molar-refractivity contribution in [2.45, 2.75) is 37.4 Å². The van der Waals surface area contributed by atoms with Crippen LogP contribution in [0.2, 0.25) is 5.02 Å². The average molecular weight is 505 g/mol. The molecule has 2 N–H and O–H groups in total. The third-order valence-corrected chi connectivity index (χ3v) is 7.26. The van der Waals surface area contributed by atoms with Crippen LogP contribution in [0, 0.1) is 5.82 Å². The molecule has 0 radical (unpaired) electrons. The van der Waals surface area contributed by atoms with Gasteiger partial charge in [0.1, 0.15) is 5.82 Å². The summed E-state index contributed by atoms with van der Waals surface area (Å²) in [6, 6.07) is 9.19. The Morgan fingerprint density at radius 3 is 2.62 bits per heavy atom. The number of carbonyl (C=O) groups excluding carboxylic acids is 1. The molecule has 1 aliphatic rings. The Labute approximate surface area is 201 Å². The zero-order chi connectivity index (χ0) is 24.6. The summed E-state index contributed by atoms with van der Waals surface area (Å²) in [5.74, 6) is -1.82. The molecule has 0 saturated heterocycles. The fraction of sp³-hybridized carbons (Fsp3) is 0.261. The minimum atomic E-state index is -4.04. The molecule has 0 unspecified atom stereocenters. The molecule has 0 spiro atoms. The van der Waals surface area contributed by atoms with E-state index in [1.807, 2.05) is 13.8 Å². The van der Waals surface area contributed by atoms with Gasteiger partial charge in [-0.05, 0) is 43.7 Å². The largest absolute Gasteiger partial charge is 0.474 e. The van der Waals surface area contributed by atoms with Crippen LogP contribution in [0.1, 0.15) is 19.4 Å². The fourth-order valence-electron chi connectivity index (χ4n) is 3.67. The Balaban J connectivity index is 1.88. The highest BCUT2D eigenvalue weighted by atomic mass is 35.5. The molecule has 0 saturated carbocycles. The van der Waals surface area contributed by atoms with E-state index < -0.39 is 33.4 Å². The molecule has 0 aliphatic carbocycles. The van der Waals surface area contributed by atoms with Gasteiger partial charge in [-0.15, -0.1) is 5.10 Å². The van der Waals surface area contributed by atoms with E-state index in [9.17, 15) is 13.2 Å². The molecule has 0 bridgehead atoms. The maximum atomic E-state index is 15.2. The number of carbonyl (C=O) groups is 1. The number of anilines is 1. The first-order valence-corrected chi connectivity index (χ1v) is 12.5. The summed E-state index contributed by atoms with van der Waals surface area (Å²) in [7, 11) is -4.04. The van der Waals surface area contributed by atoms with Crippen LogP contribution >= 0.6 is 11.6 Å². The molecule has 1 aliphatic heterocycles. The minimum absolute atomic E-state index is 0.0214. The second-order valence-corrected chi connectivity index (χ2v) is 10.6. The van der Waals surface area contributed by atoms with Gasteiger partial charge in [-0.3, -0.25) is 4.79 Å². The van der Waals surface area contributed by atoms with Crippen LogP contribution in [-0.4, -0.2) is 42.4 Å². The highest BCUT2D eigenvalue weighted by Gasteiger charge is 2.37. The Morgan fingerprint density at radius 1 is 1.24 bits per heavy atom. The number of fused-ring (bicyclic) bond motifs is 1. The standard InChI is InChI=1S/C23H22ClFN4O4S/c1-13(2)33-22-7-15(10-27-28-22)17-8-20-21(9-18(17)25)34(31,32)12-19(26)23(30)29(20)11-14-3-5-16(24)6-4-14/h3-10,13,19H,11-12,26H2,1-2H3/t19-/m0/s1. The zero-order valence-electron chi connectivity index (χ0n) is 18.4. The molecule has 1 amide bonds. The van der Waals surface area contributed by atoms with Crippen molar-refractivity contribution in [1.82, 2.24) is 10.2 Å². The summed E-state index contributed by atoms with van der Waals surface area (Å²) in [5.41, 5.74) is 7.02. The first-order chi connectivity index (χ1) is 16.0. The van der Waals surface area contributed by atoms with Crippen LogP contribution < -0.4 is 15.4 Å². The van der Waals surface area contributed by atoms with Crippen LogP contribution in [0.15, 0.2) is 53.6 Å². The van der Waals surface area contributed by atoms with Gasteiger partial charge in [0.05, 0.1) is 41.2 Å². The highest BCUT2D eigenvalue weighted by Crippen LogP contribution is 2.37. The summed E-state index contributed by atoms with van der Waals surface area (Å²) in [5, 5.41) is 8.25. The van der Waals surface area contributed by atoms with Crippen molar-refractivity contribution in [1.29, 1.82) is 0 Å². The first kappa shape index (κ1) is 24.1. The van der Waals surface area contributed by atoms with Crippen LogP contribution in [0.3, 0.4) is 0 Å². The molecule has 2 aromatic carbocycles. The maximum Gasteiger partial charge on any atom is 0.245 e. The topological polar surface area (TPSA) is 115 Å². The summed E-state index contributed by atoms with van der Waals surface area (Å²) < 4.78 is 46.7. The molecule has 0 fully saturated rings. The van der Waals surface area contributed by atoms with Crippen LogP contribution in [0.5, 0.6) is 5.88 Å². The van der Waals surface area contributed by atoms with Gasteiger partial charge in [-0.25, -0.2) is 12.8 Å². The molecule has 2 heterocycles. The van der Waals surface area contributed by atoms with Crippen LogP contribution in [0.4, 0.5) is 10.1 Å². The van der Waals surface area contributed by atoms with Crippen LogP contribution in [-0.2, 0) is 21.2 Å². The SMILES string of the molecule is CC(C)Oc1cc(-c2cc3c(cc2F)S(=O)(=O)C[C@H](N)C(=O)N3Cc2ccc(Cl)cc2)cnn1. The first-order valence-electron chi connectivity index (χ1n) is 10.4. The van der Waals surface area contributed by atoms with Crippen molar-refractivity contribution in [3.63, 3.8) is 0 Å². The normalized spacial score (nSPS) is 17.4. The molecule has 4 rings (SSSR count). The number of nitrogens with two attached hydrogens (primary N) is 1. The lowest BCUT2D eigenvalue weighted by Crippen LogP contribution is -2.45. The second kappa shape index (κ2) is 9.28. The van der Waals surface area contributed by atoms with Gasteiger partial charge in [-0.1, -0.05) is 23.7 Å². The Morgan fingerprint density at radius 2 is 1.94 bits per heavy atom. The Kier molecular flexibility index (Phi) is 6.57.